The summed E-state index contributed by atoms with van der Waals surface area (Å²) >= 11 is 0. The molecule has 0 radical (unpaired) electrons. The van der Waals surface area contributed by atoms with Crippen LogP contribution < -0.4 is 5.32 Å². The fourth-order valence-corrected chi connectivity index (χ4v) is 3.86. The van der Waals surface area contributed by atoms with Gasteiger partial charge in [-0.2, -0.15) is 0 Å². The minimum atomic E-state index is -0.432. The first kappa shape index (κ1) is 15.4. The molecule has 1 aliphatic rings. The quantitative estimate of drug-likeness (QED) is 0.853. The molecule has 1 fully saturated rings. The van der Waals surface area contributed by atoms with E-state index in [2.05, 4.69) is 19.2 Å². The van der Waals surface area contributed by atoms with Gasteiger partial charge in [0.25, 0.3) is 0 Å². The van der Waals surface area contributed by atoms with Crippen LogP contribution in [0.2, 0.25) is 0 Å². The van der Waals surface area contributed by atoms with Gasteiger partial charge in [-0.25, -0.2) is 8.78 Å². The Morgan fingerprint density at radius 1 is 1.10 bits per heavy atom. The molecule has 112 valence electrons. The van der Waals surface area contributed by atoms with Gasteiger partial charge >= 0.3 is 0 Å². The first-order valence-electron chi connectivity index (χ1n) is 7.55. The minimum absolute atomic E-state index is 0.221. The molecule has 1 nitrogen and oxygen atoms in total. The molecule has 2 rings (SSSR count). The molecule has 20 heavy (non-hydrogen) atoms. The van der Waals surface area contributed by atoms with Crippen LogP contribution >= 0.6 is 0 Å². The van der Waals surface area contributed by atoms with Gasteiger partial charge in [0.05, 0.1) is 0 Å². The van der Waals surface area contributed by atoms with E-state index in [4.69, 9.17) is 0 Å². The number of nitrogens with one attached hydrogen (secondary N) is 1. The summed E-state index contributed by atoms with van der Waals surface area (Å²) in [6, 6.07) is 2.65. The average molecular weight is 281 g/mol. The van der Waals surface area contributed by atoms with E-state index in [1.807, 2.05) is 0 Å². The van der Waals surface area contributed by atoms with E-state index in [1.54, 1.807) is 14.0 Å². The second-order valence-corrected chi connectivity index (χ2v) is 6.54. The zero-order valence-electron chi connectivity index (χ0n) is 12.8. The second-order valence-electron chi connectivity index (χ2n) is 6.54. The summed E-state index contributed by atoms with van der Waals surface area (Å²) < 4.78 is 28.5. The first-order chi connectivity index (χ1) is 9.43. The number of halogens is 2. The van der Waals surface area contributed by atoms with Gasteiger partial charge in [-0.05, 0) is 62.6 Å². The predicted octanol–water partition coefficient (Wildman–Crippen LogP) is 4.61. The topological polar surface area (TPSA) is 12.0 Å². The third-order valence-corrected chi connectivity index (χ3v) is 4.63. The van der Waals surface area contributed by atoms with Crippen molar-refractivity contribution in [2.24, 2.45) is 17.8 Å². The molecule has 0 spiro atoms. The Labute approximate surface area is 120 Å². The van der Waals surface area contributed by atoms with Gasteiger partial charge in [-0.15, -0.1) is 0 Å². The summed E-state index contributed by atoms with van der Waals surface area (Å²) in [4.78, 5) is 0. The summed E-state index contributed by atoms with van der Waals surface area (Å²) in [5, 5.41) is 3.16. The van der Waals surface area contributed by atoms with Crippen molar-refractivity contribution in [3.05, 3.63) is 34.9 Å². The van der Waals surface area contributed by atoms with Crippen molar-refractivity contribution in [3.8, 4) is 0 Å². The van der Waals surface area contributed by atoms with Crippen LogP contribution in [0.4, 0.5) is 8.78 Å². The fourth-order valence-electron chi connectivity index (χ4n) is 3.86. The lowest BCUT2D eigenvalue weighted by Gasteiger charge is -2.37. The monoisotopic (exact) mass is 281 g/mol. The van der Waals surface area contributed by atoms with Crippen molar-refractivity contribution in [1.82, 2.24) is 5.32 Å². The molecular formula is C17H25F2N. The molecule has 0 amide bonds. The molecule has 3 atom stereocenters. The Morgan fingerprint density at radius 2 is 1.70 bits per heavy atom. The molecular weight excluding hydrogens is 256 g/mol. The van der Waals surface area contributed by atoms with Gasteiger partial charge in [0.15, 0.2) is 0 Å². The van der Waals surface area contributed by atoms with Gasteiger partial charge in [-0.3, -0.25) is 0 Å². The highest BCUT2D eigenvalue weighted by atomic mass is 19.1. The van der Waals surface area contributed by atoms with Crippen LogP contribution in [0.25, 0.3) is 0 Å². The fraction of sp³-hybridized carbons (Fsp3) is 0.647. The van der Waals surface area contributed by atoms with Crippen LogP contribution in [0.1, 0.15) is 50.3 Å². The third-order valence-electron chi connectivity index (χ3n) is 4.63. The van der Waals surface area contributed by atoms with Crippen LogP contribution in [-0.2, 0) is 0 Å². The van der Waals surface area contributed by atoms with Crippen molar-refractivity contribution < 1.29 is 8.78 Å². The molecule has 1 N–H and O–H groups in total. The van der Waals surface area contributed by atoms with Crippen molar-refractivity contribution in [2.45, 2.75) is 46.1 Å². The SMILES string of the molecule is CNC(c1c(F)ccc(C)c1F)C1CC(C)CC(C)C1. The zero-order chi connectivity index (χ0) is 14.9. The summed E-state index contributed by atoms with van der Waals surface area (Å²) in [5.41, 5.74) is 0.734. The Hall–Kier alpha value is -0.960. The van der Waals surface area contributed by atoms with E-state index < -0.39 is 11.6 Å². The highest BCUT2D eigenvalue weighted by molar-refractivity contribution is 5.30. The van der Waals surface area contributed by atoms with Crippen molar-refractivity contribution in [1.29, 1.82) is 0 Å². The largest absolute Gasteiger partial charge is 0.313 e. The molecule has 1 aromatic carbocycles. The standard InChI is InChI=1S/C17H25F2N/c1-10-7-11(2)9-13(8-10)17(20-4)15-14(18)6-5-12(3)16(15)19/h5-6,10-11,13,17,20H,7-9H2,1-4H3. The zero-order valence-corrected chi connectivity index (χ0v) is 12.8. The third kappa shape index (κ3) is 3.03. The summed E-state index contributed by atoms with van der Waals surface area (Å²) in [5.74, 6) is 0.712. The minimum Gasteiger partial charge on any atom is -0.313 e. The van der Waals surface area contributed by atoms with Crippen LogP contribution in [0.5, 0.6) is 0 Å². The van der Waals surface area contributed by atoms with Gasteiger partial charge in [-0.1, -0.05) is 19.9 Å². The number of benzene rings is 1. The Bertz CT molecular complexity index is 462. The van der Waals surface area contributed by atoms with E-state index in [-0.39, 0.29) is 11.6 Å². The maximum Gasteiger partial charge on any atom is 0.133 e. The number of aryl methyl sites for hydroxylation is 1. The normalized spacial score (nSPS) is 28.4. The molecule has 0 saturated heterocycles. The Balaban J connectivity index is 2.35. The molecule has 1 aromatic rings. The molecule has 3 heteroatoms. The van der Waals surface area contributed by atoms with E-state index in [0.717, 1.165) is 12.8 Å². The Kier molecular flexibility index (Phi) is 4.79. The van der Waals surface area contributed by atoms with Crippen LogP contribution in [-0.4, -0.2) is 7.05 Å². The number of rotatable bonds is 3. The molecule has 0 aromatic heterocycles. The molecule has 3 unspecified atom stereocenters. The van der Waals surface area contributed by atoms with Gasteiger partial charge < -0.3 is 5.32 Å². The molecule has 0 aliphatic heterocycles. The summed E-state index contributed by atoms with van der Waals surface area (Å²) in [6.45, 7) is 6.16. The van der Waals surface area contributed by atoms with E-state index in [9.17, 15) is 8.78 Å². The average Bonchev–Trinajstić information content (AvgIpc) is 2.38. The second kappa shape index (κ2) is 6.21. The Morgan fingerprint density at radius 3 is 2.25 bits per heavy atom. The van der Waals surface area contributed by atoms with Gasteiger partial charge in [0.1, 0.15) is 11.6 Å². The highest BCUT2D eigenvalue weighted by Gasteiger charge is 2.33. The molecule has 0 bridgehead atoms. The molecule has 0 heterocycles. The van der Waals surface area contributed by atoms with Crippen LogP contribution in [0.15, 0.2) is 12.1 Å². The predicted molar refractivity (Wildman–Crippen MR) is 78.6 cm³/mol. The lowest BCUT2D eigenvalue weighted by atomic mass is 9.72. The van der Waals surface area contributed by atoms with E-state index in [0.29, 0.717) is 23.3 Å². The van der Waals surface area contributed by atoms with Crippen molar-refractivity contribution >= 4 is 0 Å². The maximum atomic E-state index is 14.4. The number of hydrogen-bond donors (Lipinski definition) is 1. The van der Waals surface area contributed by atoms with E-state index in [1.165, 1.54) is 18.6 Å². The molecule has 1 aliphatic carbocycles. The maximum absolute atomic E-state index is 14.4. The smallest absolute Gasteiger partial charge is 0.133 e. The lowest BCUT2D eigenvalue weighted by Crippen LogP contribution is -2.32. The van der Waals surface area contributed by atoms with Crippen molar-refractivity contribution in [2.75, 3.05) is 7.05 Å². The van der Waals surface area contributed by atoms with Crippen LogP contribution in [0, 0.1) is 36.3 Å². The number of hydrogen-bond acceptors (Lipinski definition) is 1. The van der Waals surface area contributed by atoms with Gasteiger partial charge in [0, 0.05) is 11.6 Å². The first-order valence-corrected chi connectivity index (χ1v) is 7.55. The van der Waals surface area contributed by atoms with Crippen molar-refractivity contribution in [3.63, 3.8) is 0 Å². The molecule has 1 saturated carbocycles. The lowest BCUT2D eigenvalue weighted by molar-refractivity contribution is 0.176. The highest BCUT2D eigenvalue weighted by Crippen LogP contribution is 2.41. The summed E-state index contributed by atoms with van der Waals surface area (Å²) in [7, 11) is 1.80. The van der Waals surface area contributed by atoms with Gasteiger partial charge in [0.2, 0.25) is 0 Å². The summed E-state index contributed by atoms with van der Waals surface area (Å²) in [6.07, 6.45) is 3.27. The van der Waals surface area contributed by atoms with Crippen LogP contribution in [0.3, 0.4) is 0 Å². The van der Waals surface area contributed by atoms with E-state index >= 15 is 0 Å².